The van der Waals surface area contributed by atoms with Crippen LogP contribution in [0.15, 0.2) is 5.10 Å². The fourth-order valence-corrected chi connectivity index (χ4v) is 2.34. The van der Waals surface area contributed by atoms with E-state index in [0.29, 0.717) is 0 Å². The maximum atomic E-state index is 11.3. The van der Waals surface area contributed by atoms with Crippen LogP contribution >= 0.6 is 31.9 Å². The molecule has 0 radical (unpaired) electrons. The molecule has 0 saturated carbocycles. The fourth-order valence-electron chi connectivity index (χ4n) is 1.20. The van der Waals surface area contributed by atoms with Gasteiger partial charge in [-0.1, -0.05) is 31.9 Å². The zero-order valence-corrected chi connectivity index (χ0v) is 9.04. The largest absolute Gasteiger partial charge is 0.282 e. The van der Waals surface area contributed by atoms with E-state index >= 15 is 0 Å². The van der Waals surface area contributed by atoms with Crippen molar-refractivity contribution in [1.29, 1.82) is 0 Å². The predicted molar refractivity (Wildman–Crippen MR) is 50.8 cm³/mol. The first-order valence-electron chi connectivity index (χ1n) is 3.36. The van der Waals surface area contributed by atoms with Gasteiger partial charge in [-0.2, -0.15) is 5.10 Å². The van der Waals surface area contributed by atoms with Crippen molar-refractivity contribution < 1.29 is 4.79 Å². The van der Waals surface area contributed by atoms with E-state index in [9.17, 15) is 4.79 Å². The molecule has 0 bridgehead atoms. The Kier molecular flexibility index (Phi) is 2.09. The molecule has 2 rings (SSSR count). The number of hydrazine groups is 1. The number of hydrazone groups is 1. The number of halogens is 2. The average molecular weight is 298 g/mol. The molecule has 12 heavy (non-hydrogen) atoms. The highest BCUT2D eigenvalue weighted by molar-refractivity contribution is 9.12. The molecule has 2 aliphatic rings. The number of nitrogens with zero attached hydrogens (tertiary/aromatic N) is 2. The molecule has 2 heterocycles. The van der Waals surface area contributed by atoms with Gasteiger partial charge in [0.1, 0.15) is 12.4 Å². The molecular weight excluding hydrogens is 292 g/mol. The molecule has 1 saturated heterocycles. The molecule has 0 spiro atoms. The van der Waals surface area contributed by atoms with E-state index in [4.69, 9.17) is 0 Å². The Morgan fingerprint density at radius 1 is 1.58 bits per heavy atom. The molecule has 1 fully saturated rings. The van der Waals surface area contributed by atoms with E-state index in [2.05, 4.69) is 47.8 Å². The normalized spacial score (nSPS) is 39.7. The number of alkyl halides is 2. The second-order valence-electron chi connectivity index (χ2n) is 2.55. The molecule has 0 aliphatic carbocycles. The summed E-state index contributed by atoms with van der Waals surface area (Å²) in [4.78, 5) is 11.4. The molecule has 0 aromatic carbocycles. The summed E-state index contributed by atoms with van der Waals surface area (Å²) in [5.74, 6) is -0.103. The summed E-state index contributed by atoms with van der Waals surface area (Å²) in [5.41, 5.74) is 5.43. The standard InChI is InChI=1S/C5H6Br2N4O/c6-2-3-5(12)9-8-1-11(3)10-4(2)7/h1-4,10H,(H,9,12). The van der Waals surface area contributed by atoms with Gasteiger partial charge in [-0.15, -0.1) is 0 Å². The number of nitrogens with one attached hydrogen (secondary N) is 2. The monoisotopic (exact) mass is 296 g/mol. The molecule has 0 aromatic heterocycles. The van der Waals surface area contributed by atoms with E-state index in [1.807, 2.05) is 0 Å². The number of carbonyl (C=O) groups is 1. The first-order chi connectivity index (χ1) is 5.70. The summed E-state index contributed by atoms with van der Waals surface area (Å²) < 4.78 is 0. The van der Waals surface area contributed by atoms with Gasteiger partial charge in [0, 0.05) is 0 Å². The Labute approximate surface area is 85.8 Å². The second-order valence-corrected chi connectivity index (χ2v) is 4.59. The van der Waals surface area contributed by atoms with Crippen LogP contribution in [0.1, 0.15) is 0 Å². The SMILES string of the molecule is O=C1NN=CN2NC(Br)C(Br)C12. The Hall–Kier alpha value is -0.140. The van der Waals surface area contributed by atoms with Gasteiger partial charge in [0.05, 0.1) is 9.78 Å². The van der Waals surface area contributed by atoms with Gasteiger partial charge >= 0.3 is 0 Å². The van der Waals surface area contributed by atoms with Crippen molar-refractivity contribution >= 4 is 44.1 Å². The van der Waals surface area contributed by atoms with Crippen LogP contribution in [0, 0.1) is 0 Å². The van der Waals surface area contributed by atoms with Crippen LogP contribution in [0.25, 0.3) is 0 Å². The van der Waals surface area contributed by atoms with Crippen LogP contribution in [0.5, 0.6) is 0 Å². The average Bonchev–Trinajstić information content (AvgIpc) is 2.29. The number of hydrogen-bond donors (Lipinski definition) is 2. The maximum Gasteiger partial charge on any atom is 0.265 e. The number of carbonyl (C=O) groups excluding carboxylic acids is 1. The summed E-state index contributed by atoms with van der Waals surface area (Å²) in [6.45, 7) is 0. The lowest BCUT2D eigenvalue weighted by Gasteiger charge is -2.23. The second kappa shape index (κ2) is 2.97. The molecule has 66 valence electrons. The smallest absolute Gasteiger partial charge is 0.265 e. The summed E-state index contributed by atoms with van der Waals surface area (Å²) in [5, 5.41) is 5.35. The van der Waals surface area contributed by atoms with Crippen molar-refractivity contribution in [3.05, 3.63) is 0 Å². The van der Waals surface area contributed by atoms with E-state index < -0.39 is 0 Å². The number of rotatable bonds is 0. The molecule has 3 atom stereocenters. The summed E-state index contributed by atoms with van der Waals surface area (Å²) in [6.07, 6.45) is 1.56. The van der Waals surface area contributed by atoms with E-state index in [0.717, 1.165) is 0 Å². The summed E-state index contributed by atoms with van der Waals surface area (Å²) >= 11 is 6.79. The van der Waals surface area contributed by atoms with Crippen LogP contribution in [0.3, 0.4) is 0 Å². The lowest BCUT2D eigenvalue weighted by Crippen LogP contribution is -2.50. The van der Waals surface area contributed by atoms with Crippen molar-refractivity contribution in [3.8, 4) is 0 Å². The molecule has 2 aliphatic heterocycles. The zero-order valence-electron chi connectivity index (χ0n) is 5.87. The van der Waals surface area contributed by atoms with Crippen LogP contribution < -0.4 is 10.9 Å². The van der Waals surface area contributed by atoms with Gasteiger partial charge in [-0.3, -0.25) is 9.80 Å². The Bertz CT molecular complexity index is 246. The van der Waals surface area contributed by atoms with Crippen molar-refractivity contribution in [2.45, 2.75) is 15.8 Å². The van der Waals surface area contributed by atoms with Crippen molar-refractivity contribution in [2.75, 3.05) is 0 Å². The number of fused-ring (bicyclic) bond motifs is 1. The minimum absolute atomic E-state index is 0.0456. The zero-order chi connectivity index (χ0) is 8.72. The van der Waals surface area contributed by atoms with Gasteiger partial charge in [-0.05, 0) is 0 Å². The quantitative estimate of drug-likeness (QED) is 0.478. The summed E-state index contributed by atoms with van der Waals surface area (Å²) in [6, 6.07) is -0.230. The first kappa shape index (κ1) is 8.46. The Balaban J connectivity index is 2.26. The summed E-state index contributed by atoms with van der Waals surface area (Å²) in [7, 11) is 0. The molecule has 5 nitrogen and oxygen atoms in total. The molecule has 3 unspecified atom stereocenters. The van der Waals surface area contributed by atoms with Crippen molar-refractivity contribution in [1.82, 2.24) is 15.9 Å². The van der Waals surface area contributed by atoms with E-state index in [1.54, 1.807) is 11.3 Å². The number of amides is 1. The van der Waals surface area contributed by atoms with Crippen LogP contribution in [-0.4, -0.2) is 33.1 Å². The van der Waals surface area contributed by atoms with Crippen LogP contribution in [0.2, 0.25) is 0 Å². The van der Waals surface area contributed by atoms with E-state index in [1.165, 1.54) is 0 Å². The van der Waals surface area contributed by atoms with Crippen LogP contribution in [-0.2, 0) is 4.79 Å². The third-order valence-electron chi connectivity index (χ3n) is 1.78. The molecule has 2 N–H and O–H groups in total. The minimum Gasteiger partial charge on any atom is -0.282 e. The first-order valence-corrected chi connectivity index (χ1v) is 5.19. The predicted octanol–water partition coefficient (Wildman–Crippen LogP) is -0.267. The molecule has 0 aromatic rings. The Morgan fingerprint density at radius 2 is 2.33 bits per heavy atom. The lowest BCUT2D eigenvalue weighted by molar-refractivity contribution is -0.125. The highest BCUT2D eigenvalue weighted by atomic mass is 79.9. The third-order valence-corrected chi connectivity index (χ3v) is 4.29. The molecular formula is C5H6Br2N4O. The van der Waals surface area contributed by atoms with Crippen LogP contribution in [0.4, 0.5) is 0 Å². The molecule has 1 amide bonds. The lowest BCUT2D eigenvalue weighted by atomic mass is 10.2. The van der Waals surface area contributed by atoms with Gasteiger partial charge in [0.25, 0.3) is 5.91 Å². The molecule has 7 heteroatoms. The maximum absolute atomic E-state index is 11.3. The van der Waals surface area contributed by atoms with Crippen molar-refractivity contribution in [2.24, 2.45) is 5.10 Å². The van der Waals surface area contributed by atoms with Gasteiger partial charge in [-0.25, -0.2) is 10.9 Å². The fraction of sp³-hybridized carbons (Fsp3) is 0.600. The van der Waals surface area contributed by atoms with E-state index in [-0.39, 0.29) is 21.7 Å². The highest BCUT2D eigenvalue weighted by Gasteiger charge is 2.43. The van der Waals surface area contributed by atoms with Gasteiger partial charge in [0.2, 0.25) is 0 Å². The van der Waals surface area contributed by atoms with Gasteiger partial charge in [0.15, 0.2) is 0 Å². The van der Waals surface area contributed by atoms with Gasteiger partial charge < -0.3 is 0 Å². The van der Waals surface area contributed by atoms with Crippen molar-refractivity contribution in [3.63, 3.8) is 0 Å². The minimum atomic E-state index is -0.230. The Morgan fingerprint density at radius 3 is 3.00 bits per heavy atom. The third kappa shape index (κ3) is 1.16. The number of hydrogen-bond acceptors (Lipinski definition) is 4. The topological polar surface area (TPSA) is 56.7 Å². The highest BCUT2D eigenvalue weighted by Crippen LogP contribution is 2.26.